The van der Waals surface area contributed by atoms with Crippen molar-refractivity contribution in [2.75, 3.05) is 0 Å². The summed E-state index contributed by atoms with van der Waals surface area (Å²) in [6.07, 6.45) is 0.389. The lowest BCUT2D eigenvalue weighted by Gasteiger charge is -2.22. The average molecular weight is 376 g/mol. The first-order valence-corrected chi connectivity index (χ1v) is 10.2. The molecule has 1 fully saturated rings. The van der Waals surface area contributed by atoms with Gasteiger partial charge in [-0.15, -0.1) is 0 Å². The molecule has 5 nitrogen and oxygen atoms in total. The Hall–Kier alpha value is -0.940. The molecule has 1 saturated heterocycles. The minimum absolute atomic E-state index is 0.250. The highest BCUT2D eigenvalue weighted by Crippen LogP contribution is 2.38. The number of rotatable bonds is 3. The Balaban J connectivity index is 2.28. The number of halogens is 1. The maximum absolute atomic E-state index is 12.3. The molecule has 1 aromatic rings. The van der Waals surface area contributed by atoms with Crippen LogP contribution in [0.2, 0.25) is 5.02 Å². The second kappa shape index (κ2) is 7.31. The number of nitrogens with one attached hydrogen (secondary N) is 1. The van der Waals surface area contributed by atoms with Crippen LogP contribution < -0.4 is 5.32 Å². The molecule has 0 aliphatic carbocycles. The molecule has 0 amide bonds. The minimum atomic E-state index is -2.22. The first kappa shape index (κ1) is 18.4. The predicted octanol–water partition coefficient (Wildman–Crippen LogP) is 3.19. The molecule has 23 heavy (non-hydrogen) atoms. The fourth-order valence-electron chi connectivity index (χ4n) is 2.55. The van der Waals surface area contributed by atoms with Crippen LogP contribution in [0.1, 0.15) is 38.8 Å². The first-order valence-electron chi connectivity index (χ1n) is 7.21. The van der Waals surface area contributed by atoms with Crippen molar-refractivity contribution in [3.63, 3.8) is 0 Å². The fraction of sp³-hybridized carbons (Fsp3) is 0.533. The third kappa shape index (κ3) is 5.01. The van der Waals surface area contributed by atoms with Crippen molar-refractivity contribution >= 4 is 34.8 Å². The molecule has 3 atom stereocenters. The van der Waals surface area contributed by atoms with Crippen LogP contribution in [0, 0.1) is 0 Å². The van der Waals surface area contributed by atoms with Crippen LogP contribution in [0.25, 0.3) is 0 Å². The monoisotopic (exact) mass is 375 g/mol. The molecular formula is C15H19ClNO4PS. The van der Waals surface area contributed by atoms with Gasteiger partial charge in [-0.25, -0.2) is 0 Å². The van der Waals surface area contributed by atoms with Gasteiger partial charge in [0.25, 0.3) is 0 Å². The third-order valence-corrected chi connectivity index (χ3v) is 6.02. The Labute approximate surface area is 143 Å². The molecule has 8 heteroatoms. The second-order valence-corrected chi connectivity index (χ2v) is 9.62. The number of hydrogen-bond donors (Lipinski definition) is 1. The summed E-state index contributed by atoms with van der Waals surface area (Å²) >= 11 is 6.23. The van der Waals surface area contributed by atoms with E-state index in [0.717, 1.165) is 5.56 Å². The van der Waals surface area contributed by atoms with Gasteiger partial charge >= 0.3 is 5.97 Å². The van der Waals surface area contributed by atoms with Crippen LogP contribution in [-0.2, 0) is 19.4 Å². The van der Waals surface area contributed by atoms with E-state index >= 15 is 0 Å². The van der Waals surface area contributed by atoms with E-state index in [0.29, 0.717) is 11.4 Å². The van der Waals surface area contributed by atoms with Gasteiger partial charge in [-0.3, -0.25) is 10.1 Å². The van der Waals surface area contributed by atoms with E-state index in [9.17, 15) is 13.2 Å². The third-order valence-electron chi connectivity index (χ3n) is 3.40. The summed E-state index contributed by atoms with van der Waals surface area (Å²) in [6, 6.07) is 6.39. The lowest BCUT2D eigenvalue weighted by Crippen LogP contribution is -2.38. The maximum atomic E-state index is 12.3. The molecule has 1 aliphatic heterocycles. The molecule has 0 radical (unpaired) electrons. The number of hydrogen-bond acceptors (Lipinski definition) is 5. The molecule has 2 rings (SSSR count). The number of ether oxygens (including phenoxy) is 1. The van der Waals surface area contributed by atoms with Crippen molar-refractivity contribution in [1.29, 1.82) is 0 Å². The number of benzene rings is 1. The van der Waals surface area contributed by atoms with Crippen molar-refractivity contribution in [2.45, 2.75) is 50.5 Å². The van der Waals surface area contributed by atoms with Gasteiger partial charge < -0.3 is 4.74 Å². The van der Waals surface area contributed by atoms with E-state index in [1.807, 2.05) is 18.2 Å². The van der Waals surface area contributed by atoms with E-state index < -0.39 is 21.5 Å². The van der Waals surface area contributed by atoms with Crippen molar-refractivity contribution in [2.24, 2.45) is 0 Å². The summed E-state index contributed by atoms with van der Waals surface area (Å²) in [6.45, 7) is 5.40. The van der Waals surface area contributed by atoms with Crippen molar-refractivity contribution in [3.05, 3.63) is 34.9 Å². The van der Waals surface area contributed by atoms with Gasteiger partial charge in [0, 0.05) is 24.1 Å². The number of esters is 1. The van der Waals surface area contributed by atoms with E-state index in [-0.39, 0.29) is 25.0 Å². The predicted molar refractivity (Wildman–Crippen MR) is 91.2 cm³/mol. The van der Waals surface area contributed by atoms with Crippen LogP contribution in [0.15, 0.2) is 24.3 Å². The zero-order valence-electron chi connectivity index (χ0n) is 13.1. The van der Waals surface area contributed by atoms with Crippen molar-refractivity contribution < 1.29 is 17.9 Å². The minimum Gasteiger partial charge on any atom is -0.459 e. The Morgan fingerprint density at radius 2 is 2.00 bits per heavy atom. The molecule has 0 spiro atoms. The molecule has 0 unspecified atom stereocenters. The van der Waals surface area contributed by atoms with Gasteiger partial charge in [0.15, 0.2) is 0 Å². The number of carbonyl (C=O) groups is 1. The van der Waals surface area contributed by atoms with Gasteiger partial charge in [0.2, 0.25) is 9.88 Å². The summed E-state index contributed by atoms with van der Waals surface area (Å²) in [5.74, 6) is -0.371. The standard InChI is InChI=1S/C15H19ClNO4PS/c1-15(2,3)21-14(18)11-8-12(22-23(19)20)13(17-11)9-6-4-5-7-10(9)16/h4-7,11-13,17H,8H2,1-3H3/t11-,12-,13-/m0/s1. The molecule has 1 aliphatic rings. The zero-order chi connectivity index (χ0) is 17.2. The van der Waals surface area contributed by atoms with Crippen LogP contribution in [0.4, 0.5) is 0 Å². The van der Waals surface area contributed by atoms with E-state index in [4.69, 9.17) is 16.3 Å². The van der Waals surface area contributed by atoms with E-state index in [2.05, 4.69) is 5.32 Å². The summed E-state index contributed by atoms with van der Waals surface area (Å²) in [5.41, 5.74) is -0.0515. The molecule has 1 heterocycles. The molecule has 0 aromatic heterocycles. The second-order valence-electron chi connectivity index (χ2n) is 6.38. The van der Waals surface area contributed by atoms with Crippen LogP contribution >= 0.6 is 19.0 Å². The molecule has 0 saturated carbocycles. The summed E-state index contributed by atoms with van der Waals surface area (Å²) in [5, 5.41) is 3.73. The SMILES string of the molecule is CC(C)(C)OC(=O)[C@@H]1C[C@H](P=S(=O)=O)[C@H](c2ccccc2Cl)N1. The van der Waals surface area contributed by atoms with Crippen LogP contribution in [0.3, 0.4) is 0 Å². The molecule has 1 N–H and O–H groups in total. The molecule has 0 bridgehead atoms. The summed E-state index contributed by atoms with van der Waals surface area (Å²) in [7, 11) is -1.97. The van der Waals surface area contributed by atoms with Crippen molar-refractivity contribution in [3.8, 4) is 0 Å². The zero-order valence-corrected chi connectivity index (χ0v) is 15.6. The Morgan fingerprint density at radius 1 is 1.35 bits per heavy atom. The highest BCUT2D eigenvalue weighted by Gasteiger charge is 2.40. The van der Waals surface area contributed by atoms with Crippen LogP contribution in [-0.4, -0.2) is 31.7 Å². The normalized spacial score (nSPS) is 24.6. The lowest BCUT2D eigenvalue weighted by molar-refractivity contribution is -0.157. The fourth-order valence-corrected chi connectivity index (χ4v) is 4.98. The van der Waals surface area contributed by atoms with Crippen LogP contribution in [0.5, 0.6) is 0 Å². The van der Waals surface area contributed by atoms with Gasteiger partial charge in [-0.05, 0) is 38.8 Å². The Morgan fingerprint density at radius 3 is 2.57 bits per heavy atom. The lowest BCUT2D eigenvalue weighted by atomic mass is 10.0. The largest absolute Gasteiger partial charge is 0.459 e. The molecule has 1 aromatic carbocycles. The van der Waals surface area contributed by atoms with Gasteiger partial charge in [-0.1, -0.05) is 29.8 Å². The molecule has 126 valence electrons. The maximum Gasteiger partial charge on any atom is 0.323 e. The smallest absolute Gasteiger partial charge is 0.323 e. The van der Waals surface area contributed by atoms with Gasteiger partial charge in [-0.2, -0.15) is 8.42 Å². The first-order chi connectivity index (χ1) is 10.7. The Bertz CT molecular complexity index is 721. The number of carbonyl (C=O) groups excluding carboxylic acids is 1. The van der Waals surface area contributed by atoms with Crippen molar-refractivity contribution in [1.82, 2.24) is 5.32 Å². The summed E-state index contributed by atoms with van der Waals surface area (Å²) < 4.78 is 27.7. The highest BCUT2D eigenvalue weighted by molar-refractivity contribution is 8.05. The highest BCUT2D eigenvalue weighted by atomic mass is 35.5. The topological polar surface area (TPSA) is 72.5 Å². The molecular weight excluding hydrogens is 357 g/mol. The van der Waals surface area contributed by atoms with E-state index in [1.165, 1.54) is 0 Å². The van der Waals surface area contributed by atoms with Gasteiger partial charge in [0.1, 0.15) is 11.6 Å². The van der Waals surface area contributed by atoms with Gasteiger partial charge in [0.05, 0.1) is 0 Å². The quantitative estimate of drug-likeness (QED) is 0.648. The summed E-state index contributed by atoms with van der Waals surface area (Å²) in [4.78, 5) is 12.3. The average Bonchev–Trinajstić information content (AvgIpc) is 2.80. The van der Waals surface area contributed by atoms with E-state index in [1.54, 1.807) is 26.8 Å². The Kier molecular flexibility index (Phi) is 5.84.